The Bertz CT molecular complexity index is 1920. The van der Waals surface area contributed by atoms with Crippen LogP contribution in [-0.4, -0.2) is 96.7 Å². The number of esters is 4. The normalized spacial score (nSPS) is 14.6. The first kappa shape index (κ1) is 96.1. The van der Waals surface area contributed by atoms with Gasteiger partial charge >= 0.3 is 39.5 Å². The molecule has 0 aliphatic carbocycles. The van der Waals surface area contributed by atoms with Gasteiger partial charge in [0.2, 0.25) is 0 Å². The van der Waals surface area contributed by atoms with Crippen LogP contribution in [0.3, 0.4) is 0 Å². The minimum atomic E-state index is -4.96. The summed E-state index contributed by atoms with van der Waals surface area (Å²) in [5.41, 5.74) is 0. The predicted molar refractivity (Wildman–Crippen MR) is 400 cm³/mol. The largest absolute Gasteiger partial charge is 0.472 e. The minimum absolute atomic E-state index is 0.105. The maximum absolute atomic E-state index is 13.1. The van der Waals surface area contributed by atoms with Gasteiger partial charge in [0, 0.05) is 25.7 Å². The van der Waals surface area contributed by atoms with Gasteiger partial charge in [0.05, 0.1) is 26.4 Å². The topological polar surface area (TPSA) is 237 Å². The van der Waals surface area contributed by atoms with E-state index in [-0.39, 0.29) is 25.7 Å². The van der Waals surface area contributed by atoms with Gasteiger partial charge in [-0.2, -0.15) is 0 Å². The second-order valence-electron chi connectivity index (χ2n) is 29.9. The number of hydrogen-bond acceptors (Lipinski definition) is 15. The second-order valence-corrected chi connectivity index (χ2v) is 32.8. The van der Waals surface area contributed by atoms with E-state index >= 15 is 0 Å². The minimum Gasteiger partial charge on any atom is -0.462 e. The Kier molecular flexibility index (Phi) is 66.8. The summed E-state index contributed by atoms with van der Waals surface area (Å²) in [6, 6.07) is 0. The number of aliphatic hydroxyl groups excluding tert-OH is 1. The molecule has 0 rings (SSSR count). The third kappa shape index (κ3) is 69.8. The number of rotatable bonds is 76. The maximum Gasteiger partial charge on any atom is 0.472 e. The molecule has 582 valence electrons. The molecule has 17 nitrogen and oxygen atoms in total. The number of ether oxygens (including phenoxy) is 4. The summed E-state index contributed by atoms with van der Waals surface area (Å²) in [6.07, 6.45) is 54.1. The first-order valence-corrected chi connectivity index (χ1v) is 43.8. The molecule has 0 saturated heterocycles. The zero-order valence-corrected chi connectivity index (χ0v) is 66.2. The summed E-state index contributed by atoms with van der Waals surface area (Å²) < 4.78 is 68.6. The number of unbranched alkanes of at least 4 members (excludes halogenated alkanes) is 40. The third-order valence-electron chi connectivity index (χ3n) is 19.0. The quantitative estimate of drug-likeness (QED) is 0.0222. The van der Waals surface area contributed by atoms with Crippen molar-refractivity contribution in [3.8, 4) is 0 Å². The lowest BCUT2D eigenvalue weighted by Crippen LogP contribution is -2.30. The molecule has 4 unspecified atom stereocenters. The molecule has 0 fully saturated rings. The standard InChI is InChI=1S/C79H154O17P2/c1-9-71(7)57-49-41-33-29-30-36-46-54-62-79(84)96-74(65-89-76(81)59-51-43-34-27-23-19-16-15-18-22-26-32-40-48-56-70(5)6)67-93-97(85,86)91-63-73(80)64-92-98(87,88)94-68-75(66-90-77(82)60-52-44-38-37-42-50-58-72(8)10-2)95-78(83)61-53-45-35-28-24-20-14-12-11-13-17-21-25-31-39-47-55-69(3)4/h69-75,80H,9-68H2,1-8H3,(H,85,86)(H,87,88)/t71?,72?,73-,74-,75-/m1/s1. The van der Waals surface area contributed by atoms with Gasteiger partial charge in [0.15, 0.2) is 12.2 Å². The molecule has 98 heavy (non-hydrogen) atoms. The second kappa shape index (κ2) is 68.2. The van der Waals surface area contributed by atoms with E-state index in [1.54, 1.807) is 0 Å². The van der Waals surface area contributed by atoms with Crippen LogP contribution in [0.25, 0.3) is 0 Å². The molecule has 7 atom stereocenters. The van der Waals surface area contributed by atoms with Gasteiger partial charge in [0.1, 0.15) is 19.3 Å². The van der Waals surface area contributed by atoms with Crippen LogP contribution in [0.2, 0.25) is 0 Å². The fourth-order valence-electron chi connectivity index (χ4n) is 12.0. The lowest BCUT2D eigenvalue weighted by Gasteiger charge is -2.21. The molecular weight excluding hydrogens is 1280 g/mol. The molecule has 0 heterocycles. The van der Waals surface area contributed by atoms with Gasteiger partial charge in [-0.15, -0.1) is 0 Å². The summed E-state index contributed by atoms with van der Waals surface area (Å²) in [5.74, 6) is 0.990. The van der Waals surface area contributed by atoms with Crippen LogP contribution < -0.4 is 0 Å². The van der Waals surface area contributed by atoms with E-state index < -0.39 is 97.5 Å². The van der Waals surface area contributed by atoms with Crippen molar-refractivity contribution in [2.24, 2.45) is 23.7 Å². The van der Waals surface area contributed by atoms with Gasteiger partial charge in [0.25, 0.3) is 0 Å². The molecule has 0 amide bonds. The molecular formula is C79H154O17P2. The van der Waals surface area contributed by atoms with E-state index in [2.05, 4.69) is 55.4 Å². The Labute approximate surface area is 600 Å². The zero-order valence-electron chi connectivity index (χ0n) is 64.4. The summed E-state index contributed by atoms with van der Waals surface area (Å²) >= 11 is 0. The third-order valence-corrected chi connectivity index (χ3v) is 20.9. The van der Waals surface area contributed by atoms with E-state index in [4.69, 9.17) is 37.0 Å². The average Bonchev–Trinajstić information content (AvgIpc) is 1.25. The van der Waals surface area contributed by atoms with Crippen molar-refractivity contribution in [3.05, 3.63) is 0 Å². The van der Waals surface area contributed by atoms with E-state index in [1.807, 2.05) is 0 Å². The lowest BCUT2D eigenvalue weighted by atomic mass is 9.99. The Morgan fingerprint density at radius 2 is 0.490 bits per heavy atom. The van der Waals surface area contributed by atoms with Crippen molar-refractivity contribution in [1.82, 2.24) is 0 Å². The smallest absolute Gasteiger partial charge is 0.462 e. The fraction of sp³-hybridized carbons (Fsp3) is 0.949. The van der Waals surface area contributed by atoms with Crippen LogP contribution in [-0.2, 0) is 65.4 Å². The van der Waals surface area contributed by atoms with Crippen molar-refractivity contribution in [3.63, 3.8) is 0 Å². The molecule has 0 aliphatic rings. The highest BCUT2D eigenvalue weighted by molar-refractivity contribution is 7.47. The first-order valence-electron chi connectivity index (χ1n) is 40.8. The maximum atomic E-state index is 13.1. The van der Waals surface area contributed by atoms with Crippen LogP contribution in [0.1, 0.15) is 402 Å². The Morgan fingerprint density at radius 3 is 0.724 bits per heavy atom. The van der Waals surface area contributed by atoms with Crippen molar-refractivity contribution in [1.29, 1.82) is 0 Å². The highest BCUT2D eigenvalue weighted by Gasteiger charge is 2.30. The highest BCUT2D eigenvalue weighted by Crippen LogP contribution is 2.45. The average molecular weight is 1440 g/mol. The van der Waals surface area contributed by atoms with Crippen LogP contribution in [0.4, 0.5) is 0 Å². The summed E-state index contributed by atoms with van der Waals surface area (Å²) in [6.45, 7) is 14.2. The van der Waals surface area contributed by atoms with Gasteiger partial charge in [-0.3, -0.25) is 37.3 Å². The van der Waals surface area contributed by atoms with Crippen LogP contribution in [0.5, 0.6) is 0 Å². The van der Waals surface area contributed by atoms with Gasteiger partial charge < -0.3 is 33.8 Å². The molecule has 0 aromatic rings. The van der Waals surface area contributed by atoms with E-state index in [0.29, 0.717) is 25.7 Å². The molecule has 0 bridgehead atoms. The van der Waals surface area contributed by atoms with E-state index in [0.717, 1.165) is 120 Å². The molecule has 0 spiro atoms. The monoisotopic (exact) mass is 1440 g/mol. The predicted octanol–water partition coefficient (Wildman–Crippen LogP) is 23.2. The Hall–Kier alpha value is -1.94. The number of carbonyl (C=O) groups excluding carboxylic acids is 4. The number of hydrogen-bond donors (Lipinski definition) is 3. The number of carbonyl (C=O) groups is 4. The molecule has 0 radical (unpaired) electrons. The zero-order chi connectivity index (χ0) is 72.4. The van der Waals surface area contributed by atoms with Crippen molar-refractivity contribution < 1.29 is 80.2 Å². The van der Waals surface area contributed by atoms with Gasteiger partial charge in [-0.25, -0.2) is 9.13 Å². The molecule has 0 aliphatic heterocycles. The first-order chi connectivity index (χ1) is 47.2. The van der Waals surface area contributed by atoms with Crippen LogP contribution >= 0.6 is 15.6 Å². The van der Waals surface area contributed by atoms with Crippen LogP contribution in [0.15, 0.2) is 0 Å². The summed E-state index contributed by atoms with van der Waals surface area (Å²) in [4.78, 5) is 72.9. The van der Waals surface area contributed by atoms with Gasteiger partial charge in [-0.05, 0) is 49.4 Å². The lowest BCUT2D eigenvalue weighted by molar-refractivity contribution is -0.161. The molecule has 0 aromatic heterocycles. The van der Waals surface area contributed by atoms with Crippen LogP contribution in [0, 0.1) is 23.7 Å². The molecule has 19 heteroatoms. The van der Waals surface area contributed by atoms with Gasteiger partial charge in [-0.1, -0.05) is 351 Å². The summed E-state index contributed by atoms with van der Waals surface area (Å²) in [5, 5.41) is 10.6. The SMILES string of the molecule is CCC(C)CCCCCCCCCCC(=O)O[C@H](COC(=O)CCCCCCCCCCCCCCCCC(C)C)COP(=O)(O)OC[C@@H](O)COP(=O)(O)OC[C@@H](COC(=O)CCCCCCCCC(C)CC)OC(=O)CCCCCCCCCCCCCCCCCCC(C)C. The number of phosphoric acid groups is 2. The fourth-order valence-corrected chi connectivity index (χ4v) is 13.6. The Morgan fingerprint density at radius 1 is 0.286 bits per heavy atom. The van der Waals surface area contributed by atoms with E-state index in [9.17, 15) is 43.2 Å². The van der Waals surface area contributed by atoms with E-state index in [1.165, 1.54) is 199 Å². The Balaban J connectivity index is 5.21. The summed E-state index contributed by atoms with van der Waals surface area (Å²) in [7, 11) is -9.92. The number of phosphoric ester groups is 2. The highest BCUT2D eigenvalue weighted by atomic mass is 31.2. The van der Waals surface area contributed by atoms with Crippen molar-refractivity contribution in [2.45, 2.75) is 420 Å². The molecule has 0 aromatic carbocycles. The number of aliphatic hydroxyl groups is 1. The van der Waals surface area contributed by atoms with Crippen molar-refractivity contribution in [2.75, 3.05) is 39.6 Å². The molecule has 0 saturated carbocycles. The molecule has 3 N–H and O–H groups in total. The van der Waals surface area contributed by atoms with Crippen molar-refractivity contribution >= 4 is 39.5 Å².